The van der Waals surface area contributed by atoms with Crippen molar-refractivity contribution in [1.82, 2.24) is 4.90 Å². The molecule has 0 amide bonds. The predicted octanol–water partition coefficient (Wildman–Crippen LogP) is 2.23. The summed E-state index contributed by atoms with van der Waals surface area (Å²) in [5, 5.41) is 9.66. The summed E-state index contributed by atoms with van der Waals surface area (Å²) in [6, 6.07) is 7.08. The van der Waals surface area contributed by atoms with Gasteiger partial charge >= 0.3 is 0 Å². The highest BCUT2D eigenvalue weighted by Gasteiger charge is 2.21. The van der Waals surface area contributed by atoms with Gasteiger partial charge in [0.15, 0.2) is 5.78 Å². The second-order valence-electron chi connectivity index (χ2n) is 4.82. The SMILES string of the molecule is O=C(CCN1CCC(CO)C1)c1cccc(Cl)c1. The molecule has 1 aliphatic rings. The molecule has 0 spiro atoms. The van der Waals surface area contributed by atoms with Gasteiger partial charge in [-0.1, -0.05) is 23.7 Å². The second-order valence-corrected chi connectivity index (χ2v) is 5.26. The average Bonchev–Trinajstić information content (AvgIpc) is 2.84. The molecule has 1 saturated heterocycles. The van der Waals surface area contributed by atoms with Crippen LogP contribution < -0.4 is 0 Å². The van der Waals surface area contributed by atoms with Gasteiger partial charge in [-0.3, -0.25) is 4.79 Å². The monoisotopic (exact) mass is 267 g/mol. The summed E-state index contributed by atoms with van der Waals surface area (Å²) < 4.78 is 0. The maximum absolute atomic E-state index is 12.0. The van der Waals surface area contributed by atoms with Crippen molar-refractivity contribution in [2.75, 3.05) is 26.2 Å². The number of halogens is 1. The molecule has 3 nitrogen and oxygen atoms in total. The average molecular weight is 268 g/mol. The van der Waals surface area contributed by atoms with Crippen molar-refractivity contribution in [1.29, 1.82) is 0 Å². The van der Waals surface area contributed by atoms with Gasteiger partial charge in [-0.15, -0.1) is 0 Å². The van der Waals surface area contributed by atoms with Crippen LogP contribution >= 0.6 is 11.6 Å². The topological polar surface area (TPSA) is 40.5 Å². The minimum atomic E-state index is 0.130. The molecule has 2 rings (SSSR count). The lowest BCUT2D eigenvalue weighted by Crippen LogP contribution is -2.24. The van der Waals surface area contributed by atoms with Crippen molar-refractivity contribution >= 4 is 17.4 Å². The Kier molecular flexibility index (Phi) is 4.75. The van der Waals surface area contributed by atoms with Crippen LogP contribution in [-0.2, 0) is 0 Å². The highest BCUT2D eigenvalue weighted by Crippen LogP contribution is 2.17. The number of carbonyl (C=O) groups excluding carboxylic acids is 1. The van der Waals surface area contributed by atoms with E-state index in [9.17, 15) is 4.79 Å². The standard InChI is InChI=1S/C14H18ClNO2/c15-13-3-1-2-12(8-13)14(18)5-7-16-6-4-11(9-16)10-17/h1-3,8,11,17H,4-7,9-10H2. The molecular formula is C14H18ClNO2. The molecule has 1 aromatic carbocycles. The van der Waals surface area contributed by atoms with E-state index in [2.05, 4.69) is 4.90 Å². The minimum Gasteiger partial charge on any atom is -0.396 e. The van der Waals surface area contributed by atoms with Crippen molar-refractivity contribution in [2.24, 2.45) is 5.92 Å². The van der Waals surface area contributed by atoms with Crippen LogP contribution in [0.1, 0.15) is 23.2 Å². The zero-order chi connectivity index (χ0) is 13.0. The number of likely N-dealkylation sites (tertiary alicyclic amines) is 1. The Labute approximate surface area is 112 Å². The van der Waals surface area contributed by atoms with Crippen molar-refractivity contribution in [3.05, 3.63) is 34.9 Å². The Bertz CT molecular complexity index is 422. The molecule has 98 valence electrons. The van der Waals surface area contributed by atoms with Crippen LogP contribution in [0.5, 0.6) is 0 Å². The number of ketones is 1. The van der Waals surface area contributed by atoms with Crippen molar-refractivity contribution in [2.45, 2.75) is 12.8 Å². The lowest BCUT2D eigenvalue weighted by Gasteiger charge is -2.14. The third-order valence-electron chi connectivity index (χ3n) is 3.43. The molecular weight excluding hydrogens is 250 g/mol. The summed E-state index contributed by atoms with van der Waals surface area (Å²) in [5.74, 6) is 0.510. The summed E-state index contributed by atoms with van der Waals surface area (Å²) >= 11 is 5.86. The van der Waals surface area contributed by atoms with Gasteiger partial charge in [-0.05, 0) is 31.0 Å². The van der Waals surface area contributed by atoms with Gasteiger partial charge < -0.3 is 10.0 Å². The normalized spacial score (nSPS) is 20.2. The highest BCUT2D eigenvalue weighted by molar-refractivity contribution is 6.31. The van der Waals surface area contributed by atoms with Gasteiger partial charge in [0.2, 0.25) is 0 Å². The molecule has 0 radical (unpaired) electrons. The third kappa shape index (κ3) is 3.55. The molecule has 18 heavy (non-hydrogen) atoms. The Morgan fingerprint density at radius 3 is 3.00 bits per heavy atom. The number of hydrogen-bond donors (Lipinski definition) is 1. The Hall–Kier alpha value is -0.900. The zero-order valence-corrected chi connectivity index (χ0v) is 11.1. The predicted molar refractivity (Wildman–Crippen MR) is 72.0 cm³/mol. The maximum atomic E-state index is 12.0. The molecule has 0 aliphatic carbocycles. The van der Waals surface area contributed by atoms with E-state index in [1.165, 1.54) is 0 Å². The number of aliphatic hydroxyl groups excluding tert-OH is 1. The summed E-state index contributed by atoms with van der Waals surface area (Å²) in [6.07, 6.45) is 1.54. The first-order valence-corrected chi connectivity index (χ1v) is 6.69. The number of hydrogen-bond acceptors (Lipinski definition) is 3. The number of aliphatic hydroxyl groups is 1. The molecule has 1 N–H and O–H groups in total. The van der Waals surface area contributed by atoms with E-state index in [4.69, 9.17) is 16.7 Å². The van der Waals surface area contributed by atoms with E-state index < -0.39 is 0 Å². The fourth-order valence-corrected chi connectivity index (χ4v) is 2.52. The van der Waals surface area contributed by atoms with E-state index in [-0.39, 0.29) is 12.4 Å². The molecule has 0 bridgehead atoms. The molecule has 0 saturated carbocycles. The molecule has 1 heterocycles. The van der Waals surface area contributed by atoms with E-state index in [1.807, 2.05) is 0 Å². The number of benzene rings is 1. The van der Waals surface area contributed by atoms with Crippen LogP contribution in [0.4, 0.5) is 0 Å². The summed E-state index contributed by atoms with van der Waals surface area (Å²) in [7, 11) is 0. The van der Waals surface area contributed by atoms with E-state index in [0.717, 1.165) is 26.1 Å². The van der Waals surface area contributed by atoms with E-state index in [1.54, 1.807) is 24.3 Å². The fourth-order valence-electron chi connectivity index (χ4n) is 2.33. The maximum Gasteiger partial charge on any atom is 0.164 e. The van der Waals surface area contributed by atoms with Crippen molar-refractivity contribution < 1.29 is 9.90 Å². The summed E-state index contributed by atoms with van der Waals surface area (Å²) in [5.41, 5.74) is 0.681. The molecule has 4 heteroatoms. The van der Waals surface area contributed by atoms with Crippen LogP contribution in [0.2, 0.25) is 5.02 Å². The van der Waals surface area contributed by atoms with Crippen LogP contribution in [0.15, 0.2) is 24.3 Å². The summed E-state index contributed by atoms with van der Waals surface area (Å²) in [4.78, 5) is 14.2. The largest absolute Gasteiger partial charge is 0.396 e. The van der Waals surface area contributed by atoms with Crippen LogP contribution in [0.3, 0.4) is 0 Å². The van der Waals surface area contributed by atoms with Crippen molar-refractivity contribution in [3.63, 3.8) is 0 Å². The molecule has 1 fully saturated rings. The van der Waals surface area contributed by atoms with Gasteiger partial charge in [0.05, 0.1) is 0 Å². The number of Topliss-reactive ketones (excluding diaryl/α,β-unsaturated/α-hetero) is 1. The first-order valence-electron chi connectivity index (χ1n) is 6.31. The number of carbonyl (C=O) groups is 1. The summed E-state index contributed by atoms with van der Waals surface area (Å²) in [6.45, 7) is 2.90. The smallest absolute Gasteiger partial charge is 0.164 e. The van der Waals surface area contributed by atoms with Gasteiger partial charge in [-0.25, -0.2) is 0 Å². The second kappa shape index (κ2) is 6.32. The first-order chi connectivity index (χ1) is 8.69. The van der Waals surface area contributed by atoms with E-state index >= 15 is 0 Å². The van der Waals surface area contributed by atoms with Crippen LogP contribution in [-0.4, -0.2) is 42.0 Å². The molecule has 1 unspecified atom stereocenters. The fraction of sp³-hybridized carbons (Fsp3) is 0.500. The van der Waals surface area contributed by atoms with Crippen LogP contribution in [0.25, 0.3) is 0 Å². The Morgan fingerprint density at radius 1 is 1.50 bits per heavy atom. The molecule has 1 aliphatic heterocycles. The van der Waals surface area contributed by atoms with Gasteiger partial charge in [0.1, 0.15) is 0 Å². The first kappa shape index (κ1) is 13.5. The van der Waals surface area contributed by atoms with Gasteiger partial charge in [0.25, 0.3) is 0 Å². The van der Waals surface area contributed by atoms with Crippen LogP contribution in [0, 0.1) is 5.92 Å². The quantitative estimate of drug-likeness (QED) is 0.832. The van der Waals surface area contributed by atoms with Gasteiger partial charge in [0, 0.05) is 36.7 Å². The number of nitrogens with zero attached hydrogens (tertiary/aromatic N) is 1. The molecule has 1 aromatic rings. The Balaban J connectivity index is 1.82. The van der Waals surface area contributed by atoms with Crippen molar-refractivity contribution in [3.8, 4) is 0 Å². The van der Waals surface area contributed by atoms with E-state index in [0.29, 0.717) is 22.9 Å². The number of rotatable bonds is 5. The lowest BCUT2D eigenvalue weighted by atomic mass is 10.1. The zero-order valence-electron chi connectivity index (χ0n) is 10.3. The third-order valence-corrected chi connectivity index (χ3v) is 3.66. The lowest BCUT2D eigenvalue weighted by molar-refractivity contribution is 0.0967. The Morgan fingerprint density at radius 2 is 2.33 bits per heavy atom. The highest BCUT2D eigenvalue weighted by atomic mass is 35.5. The molecule has 1 atom stereocenters. The minimum absolute atomic E-state index is 0.130. The molecule has 0 aromatic heterocycles. The van der Waals surface area contributed by atoms with Gasteiger partial charge in [-0.2, -0.15) is 0 Å².